The molecule has 0 spiro atoms. The summed E-state index contributed by atoms with van der Waals surface area (Å²) in [5.74, 6) is 0.559. The number of carbonyl (C=O) groups is 1. The molecule has 25 heavy (non-hydrogen) atoms. The van der Waals surface area contributed by atoms with Gasteiger partial charge in [-0.25, -0.2) is 4.99 Å². The van der Waals surface area contributed by atoms with E-state index < -0.39 is 0 Å². The molecule has 1 amide bonds. The van der Waals surface area contributed by atoms with Crippen LogP contribution in [0, 0.1) is 6.92 Å². The lowest BCUT2D eigenvalue weighted by molar-refractivity contribution is -0.115. The SMILES string of the molecule is C=CCOc1ccccc1/C=C1\SC(=Nc2ccccc2C)NC1=O. The minimum absolute atomic E-state index is 0.157. The first-order valence-electron chi connectivity index (χ1n) is 7.85. The van der Waals surface area contributed by atoms with E-state index >= 15 is 0 Å². The van der Waals surface area contributed by atoms with Crippen LogP contribution in [0.3, 0.4) is 0 Å². The number of amides is 1. The minimum atomic E-state index is -0.157. The highest BCUT2D eigenvalue weighted by atomic mass is 32.2. The number of ether oxygens (including phenoxy) is 1. The monoisotopic (exact) mass is 350 g/mol. The average molecular weight is 350 g/mol. The van der Waals surface area contributed by atoms with E-state index in [-0.39, 0.29) is 5.91 Å². The summed E-state index contributed by atoms with van der Waals surface area (Å²) in [6, 6.07) is 15.4. The van der Waals surface area contributed by atoms with Crippen LogP contribution in [0.5, 0.6) is 5.75 Å². The van der Waals surface area contributed by atoms with Gasteiger partial charge in [0.25, 0.3) is 5.91 Å². The Morgan fingerprint density at radius 2 is 1.96 bits per heavy atom. The first kappa shape index (κ1) is 17.0. The van der Waals surface area contributed by atoms with Crippen molar-refractivity contribution in [1.82, 2.24) is 5.32 Å². The van der Waals surface area contributed by atoms with E-state index in [2.05, 4.69) is 16.9 Å². The second-order valence-corrected chi connectivity index (χ2v) is 6.44. The molecular formula is C20H18N2O2S. The number of aryl methyl sites for hydroxylation is 1. The molecule has 1 N–H and O–H groups in total. The Kier molecular flexibility index (Phi) is 5.36. The van der Waals surface area contributed by atoms with Gasteiger partial charge < -0.3 is 10.1 Å². The Morgan fingerprint density at radius 3 is 2.76 bits per heavy atom. The van der Waals surface area contributed by atoms with Crippen molar-refractivity contribution in [2.75, 3.05) is 6.61 Å². The molecule has 0 atom stereocenters. The second-order valence-electron chi connectivity index (χ2n) is 5.41. The molecule has 1 heterocycles. The Balaban J connectivity index is 1.85. The number of nitrogens with zero attached hydrogens (tertiary/aromatic N) is 1. The fourth-order valence-electron chi connectivity index (χ4n) is 2.30. The molecule has 1 fully saturated rings. The molecular weight excluding hydrogens is 332 g/mol. The quantitative estimate of drug-likeness (QED) is 0.640. The van der Waals surface area contributed by atoms with Gasteiger partial charge in [-0.1, -0.05) is 49.1 Å². The Bertz CT molecular complexity index is 872. The molecule has 126 valence electrons. The van der Waals surface area contributed by atoms with E-state index in [4.69, 9.17) is 4.74 Å². The average Bonchev–Trinajstić information content (AvgIpc) is 2.95. The molecule has 1 aliphatic rings. The minimum Gasteiger partial charge on any atom is -0.489 e. The van der Waals surface area contributed by atoms with Crippen LogP contribution in [-0.2, 0) is 4.79 Å². The van der Waals surface area contributed by atoms with Gasteiger partial charge in [-0.05, 0) is 42.5 Å². The van der Waals surface area contributed by atoms with E-state index in [1.54, 1.807) is 6.08 Å². The van der Waals surface area contributed by atoms with Crippen LogP contribution >= 0.6 is 11.8 Å². The van der Waals surface area contributed by atoms with Gasteiger partial charge in [-0.2, -0.15) is 0 Å². The van der Waals surface area contributed by atoms with E-state index in [0.717, 1.165) is 16.8 Å². The number of hydrogen-bond donors (Lipinski definition) is 1. The highest BCUT2D eigenvalue weighted by Gasteiger charge is 2.24. The second kappa shape index (κ2) is 7.85. The lowest BCUT2D eigenvalue weighted by Gasteiger charge is -2.06. The first-order valence-corrected chi connectivity index (χ1v) is 8.67. The normalized spacial score (nSPS) is 16.9. The van der Waals surface area contributed by atoms with E-state index in [0.29, 0.717) is 22.4 Å². The molecule has 2 aromatic rings. The summed E-state index contributed by atoms with van der Waals surface area (Å²) >= 11 is 1.32. The number of aliphatic imine (C=N–C) groups is 1. The van der Waals surface area contributed by atoms with E-state index in [1.165, 1.54) is 11.8 Å². The third kappa shape index (κ3) is 4.19. The van der Waals surface area contributed by atoms with Crippen LogP contribution in [0.1, 0.15) is 11.1 Å². The number of para-hydroxylation sites is 2. The fourth-order valence-corrected chi connectivity index (χ4v) is 3.13. The molecule has 0 aliphatic carbocycles. The standard InChI is InChI=1S/C20H18N2O2S/c1-3-12-24-17-11-7-5-9-15(17)13-18-19(23)22-20(25-18)21-16-10-6-4-8-14(16)2/h3-11,13H,1,12H2,2H3,(H,21,22,23)/b18-13-. The summed E-state index contributed by atoms with van der Waals surface area (Å²) in [7, 11) is 0. The Labute approximate surface area is 151 Å². The predicted octanol–water partition coefficient (Wildman–Crippen LogP) is 4.45. The van der Waals surface area contributed by atoms with Crippen molar-refractivity contribution in [3.05, 3.63) is 77.2 Å². The van der Waals surface area contributed by atoms with Crippen LogP contribution in [0.4, 0.5) is 5.69 Å². The number of benzene rings is 2. The third-order valence-electron chi connectivity index (χ3n) is 3.55. The van der Waals surface area contributed by atoms with Gasteiger partial charge in [-0.15, -0.1) is 0 Å². The molecule has 0 radical (unpaired) electrons. The van der Waals surface area contributed by atoms with E-state index in [1.807, 2.05) is 61.5 Å². The highest BCUT2D eigenvalue weighted by Crippen LogP contribution is 2.31. The summed E-state index contributed by atoms with van der Waals surface area (Å²) in [6.07, 6.45) is 3.51. The summed E-state index contributed by atoms with van der Waals surface area (Å²) in [4.78, 5) is 17.4. The lowest BCUT2D eigenvalue weighted by atomic mass is 10.2. The van der Waals surface area contributed by atoms with Gasteiger partial charge >= 0.3 is 0 Å². The summed E-state index contributed by atoms with van der Waals surface area (Å²) < 4.78 is 5.64. The van der Waals surface area contributed by atoms with Crippen molar-refractivity contribution >= 4 is 34.6 Å². The molecule has 4 nitrogen and oxygen atoms in total. The predicted molar refractivity (Wildman–Crippen MR) is 104 cm³/mol. The van der Waals surface area contributed by atoms with Crippen molar-refractivity contribution in [3.63, 3.8) is 0 Å². The van der Waals surface area contributed by atoms with Crippen LogP contribution in [0.25, 0.3) is 6.08 Å². The van der Waals surface area contributed by atoms with Gasteiger partial charge in [0.1, 0.15) is 12.4 Å². The van der Waals surface area contributed by atoms with Crippen molar-refractivity contribution in [2.45, 2.75) is 6.92 Å². The lowest BCUT2D eigenvalue weighted by Crippen LogP contribution is -2.19. The molecule has 1 aliphatic heterocycles. The van der Waals surface area contributed by atoms with Crippen molar-refractivity contribution in [3.8, 4) is 5.75 Å². The number of carbonyl (C=O) groups excluding carboxylic acids is 1. The zero-order chi connectivity index (χ0) is 17.6. The number of amidine groups is 1. The van der Waals surface area contributed by atoms with Crippen LogP contribution in [-0.4, -0.2) is 17.7 Å². The Hall–Kier alpha value is -2.79. The number of nitrogens with one attached hydrogen (secondary N) is 1. The van der Waals surface area contributed by atoms with Crippen LogP contribution in [0.15, 0.2) is 71.1 Å². The summed E-state index contributed by atoms with van der Waals surface area (Å²) in [6.45, 7) is 6.06. The van der Waals surface area contributed by atoms with E-state index in [9.17, 15) is 4.79 Å². The topological polar surface area (TPSA) is 50.7 Å². The number of rotatable bonds is 5. The molecule has 0 aromatic heterocycles. The molecule has 0 saturated carbocycles. The van der Waals surface area contributed by atoms with Crippen molar-refractivity contribution in [2.24, 2.45) is 4.99 Å². The van der Waals surface area contributed by atoms with Gasteiger partial charge in [0.05, 0.1) is 10.6 Å². The molecule has 0 unspecified atom stereocenters. The molecule has 1 saturated heterocycles. The fraction of sp³-hybridized carbons (Fsp3) is 0.100. The maximum atomic E-state index is 12.3. The zero-order valence-corrected chi connectivity index (χ0v) is 14.7. The number of hydrogen-bond acceptors (Lipinski definition) is 4. The smallest absolute Gasteiger partial charge is 0.264 e. The molecule has 2 aromatic carbocycles. The first-order chi connectivity index (χ1) is 12.2. The third-order valence-corrected chi connectivity index (χ3v) is 4.46. The summed E-state index contributed by atoms with van der Waals surface area (Å²) in [5, 5.41) is 3.39. The molecule has 0 bridgehead atoms. The van der Waals surface area contributed by atoms with Gasteiger partial charge in [0, 0.05) is 5.56 Å². The zero-order valence-electron chi connectivity index (χ0n) is 13.9. The largest absolute Gasteiger partial charge is 0.489 e. The van der Waals surface area contributed by atoms with Crippen LogP contribution in [0.2, 0.25) is 0 Å². The molecule has 3 rings (SSSR count). The van der Waals surface area contributed by atoms with Crippen LogP contribution < -0.4 is 10.1 Å². The Morgan fingerprint density at radius 1 is 1.20 bits per heavy atom. The molecule has 5 heteroatoms. The van der Waals surface area contributed by atoms with Gasteiger partial charge in [-0.3, -0.25) is 4.79 Å². The van der Waals surface area contributed by atoms with Gasteiger partial charge in [0.2, 0.25) is 0 Å². The maximum Gasteiger partial charge on any atom is 0.264 e. The highest BCUT2D eigenvalue weighted by molar-refractivity contribution is 8.18. The maximum absolute atomic E-state index is 12.3. The number of thioether (sulfide) groups is 1. The summed E-state index contributed by atoms with van der Waals surface area (Å²) in [5.41, 5.74) is 2.76. The van der Waals surface area contributed by atoms with Crippen molar-refractivity contribution < 1.29 is 9.53 Å². The van der Waals surface area contributed by atoms with Crippen molar-refractivity contribution in [1.29, 1.82) is 0 Å². The van der Waals surface area contributed by atoms with Gasteiger partial charge in [0.15, 0.2) is 5.17 Å².